The zero-order chi connectivity index (χ0) is 25.4. The summed E-state index contributed by atoms with van der Waals surface area (Å²) in [7, 11) is 3.81. The molecule has 0 atom stereocenters. The lowest BCUT2D eigenvalue weighted by Gasteiger charge is -2.37. The maximum Gasteiger partial charge on any atom is 0.316 e. The average Bonchev–Trinajstić information content (AvgIpc) is 3.30. The third-order valence-corrected chi connectivity index (χ3v) is 6.95. The lowest BCUT2D eigenvalue weighted by atomic mass is 10.1. The summed E-state index contributed by atoms with van der Waals surface area (Å²) >= 11 is 0. The number of nitrogens with one attached hydrogen (secondary N) is 4. The lowest BCUT2D eigenvalue weighted by Crippen LogP contribution is -2.55. The molecule has 1 aliphatic heterocycles. The molecule has 0 spiro atoms. The van der Waals surface area contributed by atoms with Crippen molar-refractivity contribution in [2.75, 3.05) is 45.7 Å². The molecule has 4 N–H and O–H groups in total. The number of quaternary nitrogens is 1. The van der Waals surface area contributed by atoms with E-state index in [9.17, 15) is 4.79 Å². The minimum atomic E-state index is -0.221. The maximum atomic E-state index is 12.8. The fourth-order valence-corrected chi connectivity index (χ4v) is 4.88. The third-order valence-electron chi connectivity index (χ3n) is 6.95. The van der Waals surface area contributed by atoms with Gasteiger partial charge >= 0.3 is 6.01 Å². The van der Waals surface area contributed by atoms with Gasteiger partial charge in [-0.15, -0.1) is 0 Å². The summed E-state index contributed by atoms with van der Waals surface area (Å²) in [6.45, 7) is 5.13. The Morgan fingerprint density at radius 2 is 1.92 bits per heavy atom. The van der Waals surface area contributed by atoms with Crippen molar-refractivity contribution >= 4 is 33.2 Å². The zero-order valence-electron chi connectivity index (χ0n) is 20.7. The van der Waals surface area contributed by atoms with Crippen LogP contribution in [-0.2, 0) is 6.54 Å². The van der Waals surface area contributed by atoms with Gasteiger partial charge in [-0.05, 0) is 35.7 Å². The molecule has 37 heavy (non-hydrogen) atoms. The quantitative estimate of drug-likeness (QED) is 0.263. The van der Waals surface area contributed by atoms with Gasteiger partial charge in [0.15, 0.2) is 0 Å². The van der Waals surface area contributed by atoms with Crippen LogP contribution in [0, 0.1) is 0 Å². The molecule has 188 valence electrons. The van der Waals surface area contributed by atoms with Gasteiger partial charge in [0.1, 0.15) is 12.4 Å². The van der Waals surface area contributed by atoms with E-state index >= 15 is 0 Å². The summed E-state index contributed by atoms with van der Waals surface area (Å²) in [6, 6.07) is 10.0. The van der Waals surface area contributed by atoms with Gasteiger partial charge in [-0.2, -0.15) is 5.10 Å². The number of aromatic nitrogens is 6. The molecule has 0 aliphatic carbocycles. The summed E-state index contributed by atoms with van der Waals surface area (Å²) in [6.07, 6.45) is 4.92. The second-order valence-corrected chi connectivity index (χ2v) is 9.62. The van der Waals surface area contributed by atoms with E-state index < -0.39 is 0 Å². The topological polar surface area (TPSA) is 134 Å². The molecule has 0 unspecified atom stereocenters. The highest BCUT2D eigenvalue weighted by Crippen LogP contribution is 2.29. The number of methoxy groups -OCH3 is 1. The van der Waals surface area contributed by atoms with Crippen molar-refractivity contribution in [2.45, 2.75) is 6.54 Å². The largest absolute Gasteiger partial charge is 0.467 e. The van der Waals surface area contributed by atoms with Gasteiger partial charge in [0.05, 0.1) is 49.5 Å². The Labute approximate surface area is 212 Å². The predicted octanol–water partition coefficient (Wildman–Crippen LogP) is 2.56. The number of likely N-dealkylation sites (N-methyl/N-ethyl adjacent to an activating group) is 1. The molecule has 0 saturated carbocycles. The zero-order valence-corrected chi connectivity index (χ0v) is 20.7. The van der Waals surface area contributed by atoms with Crippen LogP contribution in [0.3, 0.4) is 0 Å². The number of pyridine rings is 2. The first kappa shape index (κ1) is 23.1. The van der Waals surface area contributed by atoms with E-state index in [1.54, 1.807) is 18.6 Å². The number of nitrogens with zero attached hydrogens (tertiary/aromatic N) is 5. The molecule has 5 heterocycles. The van der Waals surface area contributed by atoms with E-state index in [4.69, 9.17) is 9.72 Å². The fourth-order valence-electron chi connectivity index (χ4n) is 4.88. The van der Waals surface area contributed by atoms with Crippen molar-refractivity contribution in [3.05, 3.63) is 65.0 Å². The van der Waals surface area contributed by atoms with Crippen LogP contribution in [-0.4, -0.2) is 75.0 Å². The number of hydrogen-bond donors (Lipinski definition) is 4. The number of aromatic amines is 2. The molecule has 1 saturated heterocycles. The first-order valence-electron chi connectivity index (χ1n) is 12.2. The van der Waals surface area contributed by atoms with Crippen molar-refractivity contribution in [1.82, 2.24) is 35.5 Å². The monoisotopic (exact) mass is 498 g/mol. The standard InChI is InChI=1S/C26H27N9O2/c1-35(9-7-27-8-10-35)15-22-19-4-3-18(12-21(19)33-34-22)31-24-23-16(5-6-28-25(23)36)11-20(32-24)17-13-29-26(37-2)30-14-17/h3-6,11-14,27H,7-10,15H2,1-2H3,(H2-,28,31,32,33,34,36)/p+1. The molecular formula is C26H28N9O2+. The smallest absolute Gasteiger partial charge is 0.316 e. The summed E-state index contributed by atoms with van der Waals surface area (Å²) in [4.78, 5) is 28.7. The highest BCUT2D eigenvalue weighted by atomic mass is 16.5. The van der Waals surface area contributed by atoms with Crippen LogP contribution in [0.5, 0.6) is 6.01 Å². The Morgan fingerprint density at radius 1 is 1.11 bits per heavy atom. The first-order chi connectivity index (χ1) is 18.0. The molecule has 0 bridgehead atoms. The van der Waals surface area contributed by atoms with Gasteiger partial charge in [-0.3, -0.25) is 9.89 Å². The normalized spacial score (nSPS) is 15.2. The summed E-state index contributed by atoms with van der Waals surface area (Å²) < 4.78 is 6.04. The number of rotatable bonds is 6. The average molecular weight is 499 g/mol. The minimum absolute atomic E-state index is 0.221. The number of H-pyrrole nitrogens is 2. The summed E-state index contributed by atoms with van der Waals surface area (Å²) in [5.41, 5.74) is 3.91. The van der Waals surface area contributed by atoms with Crippen LogP contribution in [0.15, 0.2) is 53.7 Å². The Bertz CT molecular complexity index is 1640. The molecule has 11 nitrogen and oxygen atoms in total. The highest BCUT2D eigenvalue weighted by Gasteiger charge is 2.26. The molecule has 0 radical (unpaired) electrons. The minimum Gasteiger partial charge on any atom is -0.467 e. The molecule has 6 rings (SSSR count). The maximum absolute atomic E-state index is 12.8. The summed E-state index contributed by atoms with van der Waals surface area (Å²) in [5, 5.41) is 16.9. The number of fused-ring (bicyclic) bond motifs is 2. The van der Waals surface area contributed by atoms with E-state index in [0.717, 1.165) is 64.9 Å². The van der Waals surface area contributed by atoms with Crippen molar-refractivity contribution < 1.29 is 9.22 Å². The molecule has 4 aromatic heterocycles. The fraction of sp³-hybridized carbons (Fsp3) is 0.269. The Hall–Kier alpha value is -4.35. The van der Waals surface area contributed by atoms with E-state index in [1.807, 2.05) is 24.3 Å². The number of piperazine rings is 1. The highest BCUT2D eigenvalue weighted by molar-refractivity contribution is 5.96. The number of anilines is 2. The Kier molecular flexibility index (Phi) is 5.78. The van der Waals surface area contributed by atoms with E-state index in [-0.39, 0.29) is 11.6 Å². The van der Waals surface area contributed by atoms with Crippen LogP contribution >= 0.6 is 0 Å². The molecule has 5 aromatic rings. The molecular weight excluding hydrogens is 470 g/mol. The molecule has 1 aliphatic rings. The van der Waals surface area contributed by atoms with Crippen LogP contribution < -0.4 is 20.9 Å². The van der Waals surface area contributed by atoms with Gasteiger partial charge in [0.25, 0.3) is 5.56 Å². The second-order valence-electron chi connectivity index (χ2n) is 9.62. The molecule has 1 aromatic carbocycles. The van der Waals surface area contributed by atoms with E-state index in [1.165, 1.54) is 7.11 Å². The van der Waals surface area contributed by atoms with Crippen molar-refractivity contribution in [1.29, 1.82) is 0 Å². The van der Waals surface area contributed by atoms with Gasteiger partial charge in [-0.1, -0.05) is 0 Å². The summed E-state index contributed by atoms with van der Waals surface area (Å²) in [5.74, 6) is 0.444. The van der Waals surface area contributed by atoms with Crippen LogP contribution in [0.2, 0.25) is 0 Å². The molecule has 1 fully saturated rings. The van der Waals surface area contributed by atoms with Crippen molar-refractivity contribution in [3.8, 4) is 17.3 Å². The van der Waals surface area contributed by atoms with Crippen LogP contribution in [0.25, 0.3) is 32.9 Å². The van der Waals surface area contributed by atoms with E-state index in [2.05, 4.69) is 48.9 Å². The molecule has 0 amide bonds. The van der Waals surface area contributed by atoms with Gasteiger partial charge in [0, 0.05) is 48.3 Å². The van der Waals surface area contributed by atoms with Gasteiger partial charge in [0.2, 0.25) is 0 Å². The first-order valence-corrected chi connectivity index (χ1v) is 12.2. The number of benzene rings is 1. The van der Waals surface area contributed by atoms with Gasteiger partial charge in [-0.25, -0.2) is 15.0 Å². The van der Waals surface area contributed by atoms with Gasteiger partial charge < -0.3 is 24.8 Å². The van der Waals surface area contributed by atoms with Crippen LogP contribution in [0.1, 0.15) is 5.69 Å². The van der Waals surface area contributed by atoms with E-state index in [0.29, 0.717) is 22.5 Å². The second kappa shape index (κ2) is 9.26. The lowest BCUT2D eigenvalue weighted by molar-refractivity contribution is -0.924. The SMILES string of the molecule is COc1ncc(-c2cc3cc[nH]c(=O)c3c(Nc3ccc4c(C[N+]5(C)CCNCC5)[nH]nc4c3)n2)cn1. The predicted molar refractivity (Wildman–Crippen MR) is 142 cm³/mol. The Morgan fingerprint density at radius 3 is 2.70 bits per heavy atom. The van der Waals surface area contributed by atoms with Crippen molar-refractivity contribution in [2.24, 2.45) is 0 Å². The van der Waals surface area contributed by atoms with Crippen molar-refractivity contribution in [3.63, 3.8) is 0 Å². The number of hydrogen-bond acceptors (Lipinski definition) is 8. The number of ether oxygens (including phenoxy) is 1. The third kappa shape index (κ3) is 4.50. The molecule has 11 heteroatoms. The van der Waals surface area contributed by atoms with Crippen LogP contribution in [0.4, 0.5) is 11.5 Å². The Balaban J connectivity index is 1.36.